The molecular weight excluding hydrogens is 312 g/mol. The normalized spacial score (nSPS) is 28.3. The predicted octanol–water partition coefficient (Wildman–Crippen LogP) is 4.58. The average Bonchev–Trinajstić information content (AvgIpc) is 3.07. The van der Waals surface area contributed by atoms with E-state index in [2.05, 4.69) is 75.2 Å². The van der Waals surface area contributed by atoms with Crippen LogP contribution in [0.5, 0.6) is 0 Å². The summed E-state index contributed by atoms with van der Waals surface area (Å²) in [7, 11) is 2.26. The van der Waals surface area contributed by atoms with Crippen LogP contribution < -0.4 is 4.90 Å². The maximum Gasteiger partial charge on any atom is 0.0563 e. The van der Waals surface area contributed by atoms with E-state index in [-0.39, 0.29) is 0 Å². The predicted molar refractivity (Wildman–Crippen MR) is 86.4 cm³/mol. The highest BCUT2D eigenvalue weighted by Gasteiger charge is 2.43. The first-order valence-corrected chi connectivity index (χ1v) is 8.20. The third kappa shape index (κ3) is 1.76. The van der Waals surface area contributed by atoms with Crippen LogP contribution in [0.4, 0.5) is 5.69 Å². The van der Waals surface area contributed by atoms with Crippen molar-refractivity contribution in [2.24, 2.45) is 0 Å². The van der Waals surface area contributed by atoms with Gasteiger partial charge in [-0.3, -0.25) is 0 Å². The zero-order valence-corrected chi connectivity index (χ0v) is 13.3. The molecular formula is C17H19BrN2. The molecule has 1 aromatic carbocycles. The fraction of sp³-hybridized carbons (Fsp3) is 0.412. The Balaban J connectivity index is 1.78. The van der Waals surface area contributed by atoms with Gasteiger partial charge in [0.05, 0.1) is 12.1 Å². The van der Waals surface area contributed by atoms with E-state index in [0.717, 1.165) is 0 Å². The van der Waals surface area contributed by atoms with Gasteiger partial charge >= 0.3 is 0 Å². The average molecular weight is 331 g/mol. The van der Waals surface area contributed by atoms with Crippen molar-refractivity contribution in [3.05, 3.63) is 52.8 Å². The molecule has 1 saturated carbocycles. The largest absolute Gasteiger partial charge is 0.369 e. The standard InChI is InChI=1S/C17H19BrN2/c1-19-15-8-7-12(18)11-14(15)13-5-4-6-16(17(13)19)20-9-2-3-10-20/h2-3,7-11,13,16-17H,4-6H2,1H3. The lowest BCUT2D eigenvalue weighted by Crippen LogP contribution is -2.41. The van der Waals surface area contributed by atoms with E-state index < -0.39 is 0 Å². The molecule has 1 fully saturated rings. The van der Waals surface area contributed by atoms with Gasteiger partial charge in [0.15, 0.2) is 0 Å². The SMILES string of the molecule is CN1c2ccc(Br)cc2C2CCCC(n3cccc3)C21. The first-order chi connectivity index (χ1) is 9.75. The molecule has 1 aromatic heterocycles. The van der Waals surface area contributed by atoms with Crippen LogP contribution in [0.1, 0.15) is 36.8 Å². The molecule has 1 aliphatic heterocycles. The van der Waals surface area contributed by atoms with Crippen LogP contribution >= 0.6 is 15.9 Å². The minimum atomic E-state index is 0.597. The molecule has 4 rings (SSSR count). The van der Waals surface area contributed by atoms with Gasteiger partial charge in [-0.25, -0.2) is 0 Å². The molecule has 1 aliphatic carbocycles. The zero-order chi connectivity index (χ0) is 13.7. The molecule has 2 nitrogen and oxygen atoms in total. The number of halogens is 1. The summed E-state index contributed by atoms with van der Waals surface area (Å²) in [5.41, 5.74) is 2.95. The van der Waals surface area contributed by atoms with Crippen molar-refractivity contribution in [2.75, 3.05) is 11.9 Å². The molecule has 2 heterocycles. The first-order valence-electron chi connectivity index (χ1n) is 7.40. The van der Waals surface area contributed by atoms with Crippen molar-refractivity contribution in [1.82, 2.24) is 4.57 Å². The highest BCUT2D eigenvalue weighted by Crippen LogP contribution is 2.51. The van der Waals surface area contributed by atoms with Gasteiger partial charge in [-0.05, 0) is 48.7 Å². The Kier molecular flexibility index (Phi) is 2.92. The molecule has 3 unspecified atom stereocenters. The number of likely N-dealkylation sites (N-methyl/N-ethyl adjacent to an activating group) is 1. The number of aromatic nitrogens is 1. The summed E-state index contributed by atoms with van der Waals surface area (Å²) >= 11 is 3.63. The van der Waals surface area contributed by atoms with Crippen molar-refractivity contribution in [3.63, 3.8) is 0 Å². The third-order valence-corrected chi connectivity index (χ3v) is 5.54. The molecule has 0 bridgehead atoms. The molecule has 20 heavy (non-hydrogen) atoms. The topological polar surface area (TPSA) is 8.17 Å². The number of rotatable bonds is 1. The summed E-state index contributed by atoms with van der Waals surface area (Å²) in [5, 5.41) is 0. The maximum atomic E-state index is 3.63. The summed E-state index contributed by atoms with van der Waals surface area (Å²) < 4.78 is 3.61. The van der Waals surface area contributed by atoms with Gasteiger partial charge in [0, 0.05) is 35.5 Å². The van der Waals surface area contributed by atoms with E-state index in [1.807, 2.05) is 0 Å². The highest BCUT2D eigenvalue weighted by molar-refractivity contribution is 9.10. The Morgan fingerprint density at radius 1 is 1.15 bits per heavy atom. The van der Waals surface area contributed by atoms with Gasteiger partial charge in [-0.15, -0.1) is 0 Å². The number of fused-ring (bicyclic) bond motifs is 3. The molecule has 0 radical (unpaired) electrons. The van der Waals surface area contributed by atoms with Crippen LogP contribution in [0.2, 0.25) is 0 Å². The van der Waals surface area contributed by atoms with Crippen molar-refractivity contribution >= 4 is 21.6 Å². The first kappa shape index (κ1) is 12.5. The Labute approximate surface area is 128 Å². The van der Waals surface area contributed by atoms with Gasteiger partial charge in [-0.2, -0.15) is 0 Å². The lowest BCUT2D eigenvalue weighted by atomic mass is 9.79. The van der Waals surface area contributed by atoms with Crippen molar-refractivity contribution in [1.29, 1.82) is 0 Å². The monoisotopic (exact) mass is 330 g/mol. The number of anilines is 1. The molecule has 0 spiro atoms. The number of hydrogen-bond acceptors (Lipinski definition) is 1. The fourth-order valence-corrected chi connectivity index (χ4v) is 4.60. The van der Waals surface area contributed by atoms with Crippen molar-refractivity contribution in [3.8, 4) is 0 Å². The maximum absolute atomic E-state index is 3.63. The van der Waals surface area contributed by atoms with E-state index in [1.165, 1.54) is 35.0 Å². The van der Waals surface area contributed by atoms with Crippen molar-refractivity contribution < 1.29 is 0 Å². The van der Waals surface area contributed by atoms with Gasteiger partial charge < -0.3 is 9.47 Å². The smallest absolute Gasteiger partial charge is 0.0563 e. The summed E-state index contributed by atoms with van der Waals surface area (Å²) in [6.07, 6.45) is 8.37. The number of hydrogen-bond donors (Lipinski definition) is 0. The van der Waals surface area contributed by atoms with Crippen LogP contribution in [-0.2, 0) is 0 Å². The van der Waals surface area contributed by atoms with E-state index in [1.54, 1.807) is 0 Å². The summed E-state index contributed by atoms with van der Waals surface area (Å²) in [4.78, 5) is 2.51. The van der Waals surface area contributed by atoms with E-state index in [0.29, 0.717) is 18.0 Å². The lowest BCUT2D eigenvalue weighted by Gasteiger charge is -2.39. The summed E-state index contributed by atoms with van der Waals surface area (Å²) in [6.45, 7) is 0. The van der Waals surface area contributed by atoms with Crippen LogP contribution in [0.3, 0.4) is 0 Å². The second kappa shape index (κ2) is 4.66. The summed E-state index contributed by atoms with van der Waals surface area (Å²) in [6, 6.07) is 12.2. The Hall–Kier alpha value is -1.22. The second-order valence-corrected chi connectivity index (χ2v) is 6.96. The molecule has 104 valence electrons. The van der Waals surface area contributed by atoms with Crippen LogP contribution in [0.15, 0.2) is 47.2 Å². The minimum absolute atomic E-state index is 0.597. The van der Waals surface area contributed by atoms with Crippen molar-refractivity contribution in [2.45, 2.75) is 37.3 Å². The molecule has 0 amide bonds. The van der Waals surface area contributed by atoms with Crippen LogP contribution in [-0.4, -0.2) is 17.7 Å². The Morgan fingerprint density at radius 2 is 1.95 bits per heavy atom. The second-order valence-electron chi connectivity index (χ2n) is 6.04. The number of nitrogens with zero attached hydrogens (tertiary/aromatic N) is 2. The Bertz CT molecular complexity index is 620. The van der Waals surface area contributed by atoms with Gasteiger partial charge in [0.1, 0.15) is 0 Å². The minimum Gasteiger partial charge on any atom is -0.369 e. The lowest BCUT2D eigenvalue weighted by molar-refractivity contribution is 0.280. The van der Waals surface area contributed by atoms with Crippen LogP contribution in [0.25, 0.3) is 0 Å². The van der Waals surface area contributed by atoms with E-state index in [4.69, 9.17) is 0 Å². The fourth-order valence-electron chi connectivity index (χ4n) is 4.22. The number of benzene rings is 1. The molecule has 0 saturated heterocycles. The molecule has 0 N–H and O–H groups in total. The van der Waals surface area contributed by atoms with Crippen LogP contribution in [0, 0.1) is 0 Å². The molecule has 2 aliphatic rings. The van der Waals surface area contributed by atoms with E-state index in [9.17, 15) is 0 Å². The summed E-state index contributed by atoms with van der Waals surface area (Å²) in [5.74, 6) is 0.675. The third-order valence-electron chi connectivity index (χ3n) is 5.05. The molecule has 3 atom stereocenters. The molecule has 3 heteroatoms. The zero-order valence-electron chi connectivity index (χ0n) is 11.7. The van der Waals surface area contributed by atoms with E-state index >= 15 is 0 Å². The molecule has 2 aromatic rings. The van der Waals surface area contributed by atoms with Gasteiger partial charge in [0.25, 0.3) is 0 Å². The Morgan fingerprint density at radius 3 is 2.75 bits per heavy atom. The van der Waals surface area contributed by atoms with Gasteiger partial charge in [0.2, 0.25) is 0 Å². The van der Waals surface area contributed by atoms with Gasteiger partial charge in [-0.1, -0.05) is 22.4 Å². The highest BCUT2D eigenvalue weighted by atomic mass is 79.9. The quantitative estimate of drug-likeness (QED) is 0.743.